The van der Waals surface area contributed by atoms with Crippen molar-refractivity contribution >= 4 is 5.91 Å². The van der Waals surface area contributed by atoms with Crippen LogP contribution >= 0.6 is 0 Å². The third-order valence-corrected chi connectivity index (χ3v) is 4.04. The summed E-state index contributed by atoms with van der Waals surface area (Å²) < 4.78 is 22.6. The van der Waals surface area contributed by atoms with E-state index in [1.165, 1.54) is 14.0 Å². The van der Waals surface area contributed by atoms with E-state index in [0.717, 1.165) is 5.56 Å². The van der Waals surface area contributed by atoms with Crippen LogP contribution in [0, 0.1) is 0 Å². The van der Waals surface area contributed by atoms with Crippen molar-refractivity contribution in [3.63, 3.8) is 0 Å². The molecule has 23 heavy (non-hydrogen) atoms. The fourth-order valence-electron chi connectivity index (χ4n) is 2.96. The lowest BCUT2D eigenvalue weighted by Gasteiger charge is -2.47. The van der Waals surface area contributed by atoms with Crippen LogP contribution in [-0.4, -0.2) is 55.4 Å². The Bertz CT molecular complexity index is 539. The monoisotopic (exact) mass is 323 g/mol. The molecule has 7 nitrogen and oxygen atoms in total. The number of aliphatic hydroxyl groups is 1. The van der Waals surface area contributed by atoms with Gasteiger partial charge in [0.25, 0.3) is 0 Å². The topological polar surface area (TPSA) is 86.2 Å². The van der Waals surface area contributed by atoms with Crippen LogP contribution in [0.2, 0.25) is 0 Å². The summed E-state index contributed by atoms with van der Waals surface area (Å²) in [7, 11) is 1.46. The molecular formula is C16H21NO6. The molecule has 2 N–H and O–H groups in total. The quantitative estimate of drug-likeness (QED) is 0.834. The second kappa shape index (κ2) is 6.94. The zero-order valence-corrected chi connectivity index (χ0v) is 13.0. The smallest absolute Gasteiger partial charge is 0.217 e. The van der Waals surface area contributed by atoms with Gasteiger partial charge in [0.1, 0.15) is 24.4 Å². The highest BCUT2D eigenvalue weighted by Crippen LogP contribution is 2.34. The van der Waals surface area contributed by atoms with Gasteiger partial charge in [-0.05, 0) is 0 Å². The molecule has 0 aliphatic carbocycles. The SMILES string of the molecule is CO[C@@H]1O[C@@H]2CO[C@H](c3ccccc3)O[C@@H]2[C@@H](O)[C@@H]1NC(C)=O. The Kier molecular flexibility index (Phi) is 4.93. The highest BCUT2D eigenvalue weighted by Gasteiger charge is 2.49. The van der Waals surface area contributed by atoms with Gasteiger partial charge in [-0.25, -0.2) is 0 Å². The number of fused-ring (bicyclic) bond motifs is 1. The third kappa shape index (κ3) is 3.39. The summed E-state index contributed by atoms with van der Waals surface area (Å²) in [5.74, 6) is -0.273. The lowest BCUT2D eigenvalue weighted by molar-refractivity contribution is -0.341. The minimum atomic E-state index is -0.960. The van der Waals surface area contributed by atoms with E-state index in [1.54, 1.807) is 0 Å². The van der Waals surface area contributed by atoms with Gasteiger partial charge in [0.2, 0.25) is 5.91 Å². The van der Waals surface area contributed by atoms with Crippen LogP contribution in [0.15, 0.2) is 30.3 Å². The number of methoxy groups -OCH3 is 1. The van der Waals surface area contributed by atoms with E-state index in [4.69, 9.17) is 18.9 Å². The molecule has 1 aromatic rings. The summed E-state index contributed by atoms with van der Waals surface area (Å²) in [6.45, 7) is 1.65. The molecule has 6 atom stereocenters. The van der Waals surface area contributed by atoms with Crippen molar-refractivity contribution in [2.45, 2.75) is 43.9 Å². The number of carbonyl (C=O) groups is 1. The predicted octanol–water partition coefficient (Wildman–Crippen LogP) is 0.337. The van der Waals surface area contributed by atoms with E-state index in [-0.39, 0.29) is 12.5 Å². The maximum Gasteiger partial charge on any atom is 0.217 e. The molecule has 0 aromatic heterocycles. The second-order valence-corrected chi connectivity index (χ2v) is 5.67. The largest absolute Gasteiger partial charge is 0.388 e. The maximum absolute atomic E-state index is 11.4. The average Bonchev–Trinajstić information content (AvgIpc) is 2.57. The molecule has 2 aliphatic heterocycles. The molecule has 0 radical (unpaired) electrons. The summed E-state index contributed by atoms with van der Waals surface area (Å²) in [6, 6.07) is 8.78. The highest BCUT2D eigenvalue weighted by atomic mass is 16.7. The van der Waals surface area contributed by atoms with Gasteiger partial charge < -0.3 is 29.4 Å². The fourth-order valence-corrected chi connectivity index (χ4v) is 2.96. The first-order valence-corrected chi connectivity index (χ1v) is 7.55. The van der Waals surface area contributed by atoms with Crippen molar-refractivity contribution in [3.8, 4) is 0 Å². The van der Waals surface area contributed by atoms with E-state index in [2.05, 4.69) is 5.32 Å². The van der Waals surface area contributed by atoms with Crippen LogP contribution in [-0.2, 0) is 23.7 Å². The van der Waals surface area contributed by atoms with Gasteiger partial charge in [-0.1, -0.05) is 30.3 Å². The summed E-state index contributed by atoms with van der Waals surface area (Å²) in [5.41, 5.74) is 0.864. The van der Waals surface area contributed by atoms with Crippen LogP contribution in [0.1, 0.15) is 18.8 Å². The molecule has 7 heteroatoms. The fraction of sp³-hybridized carbons (Fsp3) is 0.562. The zero-order chi connectivity index (χ0) is 16.4. The number of nitrogens with one attached hydrogen (secondary N) is 1. The van der Waals surface area contributed by atoms with Crippen molar-refractivity contribution < 1.29 is 28.8 Å². The van der Waals surface area contributed by atoms with Gasteiger partial charge in [-0.2, -0.15) is 0 Å². The Balaban J connectivity index is 1.76. The highest BCUT2D eigenvalue weighted by molar-refractivity contribution is 5.73. The standard InChI is InChI=1S/C16H21NO6/c1-9(18)17-12-13(19)14-11(22-16(12)20-2)8-21-15(23-14)10-6-4-3-5-7-10/h3-7,11-16,19H,8H2,1-2H3,(H,17,18)/t11-,12+,13+,14+,15+,16-/m1/s1. The molecule has 2 heterocycles. The zero-order valence-electron chi connectivity index (χ0n) is 13.0. The number of amides is 1. The van der Waals surface area contributed by atoms with E-state index in [0.29, 0.717) is 0 Å². The number of carbonyl (C=O) groups excluding carboxylic acids is 1. The third-order valence-electron chi connectivity index (χ3n) is 4.04. The molecule has 2 fully saturated rings. The van der Waals surface area contributed by atoms with Gasteiger partial charge >= 0.3 is 0 Å². The van der Waals surface area contributed by atoms with Crippen molar-refractivity contribution in [2.75, 3.05) is 13.7 Å². The predicted molar refractivity (Wildman–Crippen MR) is 79.3 cm³/mol. The first-order valence-electron chi connectivity index (χ1n) is 7.55. The van der Waals surface area contributed by atoms with Crippen molar-refractivity contribution in [3.05, 3.63) is 35.9 Å². The number of rotatable bonds is 3. The number of benzene rings is 1. The summed E-state index contributed by atoms with van der Waals surface area (Å²) >= 11 is 0. The van der Waals surface area contributed by atoms with Crippen LogP contribution in [0.4, 0.5) is 0 Å². The molecule has 0 saturated carbocycles. The minimum Gasteiger partial charge on any atom is -0.388 e. The molecule has 3 rings (SSSR count). The van der Waals surface area contributed by atoms with Crippen molar-refractivity contribution in [1.82, 2.24) is 5.32 Å². The van der Waals surface area contributed by atoms with Gasteiger partial charge in [-0.3, -0.25) is 4.79 Å². The van der Waals surface area contributed by atoms with Crippen molar-refractivity contribution in [1.29, 1.82) is 0 Å². The molecule has 1 aromatic carbocycles. The van der Waals surface area contributed by atoms with Crippen LogP contribution in [0.25, 0.3) is 0 Å². The number of aliphatic hydroxyl groups excluding tert-OH is 1. The Morgan fingerprint density at radius 1 is 1.30 bits per heavy atom. The molecule has 126 valence electrons. The normalized spacial score (nSPS) is 37.0. The molecular weight excluding hydrogens is 302 g/mol. The second-order valence-electron chi connectivity index (χ2n) is 5.67. The number of ether oxygens (including phenoxy) is 4. The van der Waals surface area contributed by atoms with E-state index in [1.807, 2.05) is 30.3 Å². The summed E-state index contributed by atoms with van der Waals surface area (Å²) in [6.07, 6.45) is -3.36. The van der Waals surface area contributed by atoms with Crippen LogP contribution in [0.5, 0.6) is 0 Å². The Morgan fingerprint density at radius 3 is 2.70 bits per heavy atom. The minimum absolute atomic E-state index is 0.272. The first-order chi connectivity index (χ1) is 11.1. The molecule has 1 amide bonds. The van der Waals surface area contributed by atoms with Gasteiger partial charge in [0, 0.05) is 19.6 Å². The number of hydrogen-bond acceptors (Lipinski definition) is 6. The molecule has 0 bridgehead atoms. The molecule has 0 spiro atoms. The molecule has 0 unspecified atom stereocenters. The van der Waals surface area contributed by atoms with E-state index in [9.17, 15) is 9.90 Å². The van der Waals surface area contributed by atoms with Gasteiger partial charge in [0.05, 0.1) is 6.61 Å². The van der Waals surface area contributed by atoms with Crippen molar-refractivity contribution in [2.24, 2.45) is 0 Å². The summed E-state index contributed by atoms with van der Waals surface area (Å²) in [4.78, 5) is 11.4. The van der Waals surface area contributed by atoms with E-state index >= 15 is 0 Å². The molecule has 2 aliphatic rings. The Hall–Kier alpha value is -1.51. The lowest BCUT2D eigenvalue weighted by Crippen LogP contribution is -2.66. The molecule has 2 saturated heterocycles. The Labute approximate surface area is 134 Å². The maximum atomic E-state index is 11.4. The first kappa shape index (κ1) is 16.4. The van der Waals surface area contributed by atoms with Gasteiger partial charge in [0.15, 0.2) is 12.6 Å². The number of hydrogen-bond donors (Lipinski definition) is 2. The van der Waals surface area contributed by atoms with Gasteiger partial charge in [-0.15, -0.1) is 0 Å². The van der Waals surface area contributed by atoms with E-state index < -0.39 is 36.9 Å². The summed E-state index contributed by atoms with van der Waals surface area (Å²) in [5, 5.41) is 13.3. The van der Waals surface area contributed by atoms with Crippen LogP contribution < -0.4 is 5.32 Å². The Morgan fingerprint density at radius 2 is 2.04 bits per heavy atom. The lowest BCUT2D eigenvalue weighted by atomic mass is 9.95. The average molecular weight is 323 g/mol. The van der Waals surface area contributed by atoms with Crippen LogP contribution in [0.3, 0.4) is 0 Å².